The summed E-state index contributed by atoms with van der Waals surface area (Å²) in [5.74, 6) is -2.75. The van der Waals surface area contributed by atoms with Crippen molar-refractivity contribution in [3.8, 4) is 0 Å². The number of benzene rings is 2. The van der Waals surface area contributed by atoms with Gasteiger partial charge in [0.05, 0.1) is 35.9 Å². The quantitative estimate of drug-likeness (QED) is 0.264. The molecule has 0 saturated carbocycles. The lowest BCUT2D eigenvalue weighted by molar-refractivity contribution is -0.153. The molecule has 228 valence electrons. The minimum atomic E-state index is -4.66. The Morgan fingerprint density at radius 1 is 1.12 bits per heavy atom. The predicted molar refractivity (Wildman–Crippen MR) is 154 cm³/mol. The second-order valence-electron chi connectivity index (χ2n) is 10.5. The van der Waals surface area contributed by atoms with E-state index in [1.54, 1.807) is 23.6 Å². The van der Waals surface area contributed by atoms with Gasteiger partial charge >= 0.3 is 6.18 Å². The summed E-state index contributed by atoms with van der Waals surface area (Å²) in [6, 6.07) is 13.7. The van der Waals surface area contributed by atoms with E-state index in [9.17, 15) is 33.0 Å². The first kappa shape index (κ1) is 30.4. The maximum atomic E-state index is 13.6. The lowest BCUT2D eigenvalue weighted by atomic mass is 10.0. The van der Waals surface area contributed by atoms with E-state index in [0.29, 0.717) is 35.6 Å². The number of nitrogens with one attached hydrogen (secondary N) is 1. The van der Waals surface area contributed by atoms with Crippen molar-refractivity contribution in [1.29, 1.82) is 0 Å². The highest BCUT2D eigenvalue weighted by Gasteiger charge is 2.39. The number of para-hydroxylation sites is 2. The van der Waals surface area contributed by atoms with Gasteiger partial charge in [-0.15, -0.1) is 11.3 Å². The Labute approximate surface area is 249 Å². The molecular weight excluding hydrogens is 585 g/mol. The molecule has 1 saturated heterocycles. The highest BCUT2D eigenvalue weighted by molar-refractivity contribution is 7.09. The number of fused-ring (bicyclic) bond motifs is 1. The van der Waals surface area contributed by atoms with Gasteiger partial charge in [0.2, 0.25) is 5.82 Å². The molecule has 1 fully saturated rings. The molecule has 43 heavy (non-hydrogen) atoms. The average molecular weight is 617 g/mol. The second-order valence-corrected chi connectivity index (χ2v) is 11.5. The lowest BCUT2D eigenvalue weighted by Crippen LogP contribution is -2.50. The van der Waals surface area contributed by atoms with E-state index in [1.165, 1.54) is 11.0 Å². The van der Waals surface area contributed by atoms with Crippen LogP contribution in [-0.4, -0.2) is 74.3 Å². The number of carbonyl (C=O) groups is 2. The lowest BCUT2D eigenvalue weighted by Gasteiger charge is -2.29. The molecular formula is C29H31F3N6O4S. The van der Waals surface area contributed by atoms with Gasteiger partial charge in [-0.25, -0.2) is 9.97 Å². The minimum absolute atomic E-state index is 0.151. The van der Waals surface area contributed by atoms with Gasteiger partial charge in [0.15, 0.2) is 12.2 Å². The van der Waals surface area contributed by atoms with Crippen LogP contribution in [0, 0.1) is 0 Å². The van der Waals surface area contributed by atoms with Crippen molar-refractivity contribution in [2.24, 2.45) is 0 Å². The number of amides is 2. The smallest absolute Gasteiger partial charge is 0.380 e. The zero-order valence-corrected chi connectivity index (χ0v) is 24.3. The van der Waals surface area contributed by atoms with Crippen molar-refractivity contribution in [2.45, 2.75) is 50.4 Å². The highest BCUT2D eigenvalue weighted by atomic mass is 32.1. The van der Waals surface area contributed by atoms with Crippen molar-refractivity contribution < 1.29 is 33.0 Å². The summed E-state index contributed by atoms with van der Waals surface area (Å²) in [5, 5.41) is 25.5. The van der Waals surface area contributed by atoms with E-state index >= 15 is 0 Å². The topological polar surface area (TPSA) is 124 Å². The first-order valence-electron chi connectivity index (χ1n) is 13.6. The molecule has 5 rings (SSSR count). The number of aliphatic hydroxyl groups excluding tert-OH is 2. The van der Waals surface area contributed by atoms with Gasteiger partial charge in [-0.3, -0.25) is 9.59 Å². The van der Waals surface area contributed by atoms with E-state index in [0.717, 1.165) is 27.2 Å². The summed E-state index contributed by atoms with van der Waals surface area (Å²) in [4.78, 5) is 37.3. The van der Waals surface area contributed by atoms with E-state index in [1.807, 2.05) is 43.3 Å². The molecule has 1 aliphatic heterocycles. The Bertz CT molecular complexity index is 1620. The van der Waals surface area contributed by atoms with Crippen LogP contribution in [0.25, 0.3) is 11.0 Å². The first-order chi connectivity index (χ1) is 20.4. The third-order valence-corrected chi connectivity index (χ3v) is 8.27. The van der Waals surface area contributed by atoms with Crippen LogP contribution in [0.1, 0.15) is 41.0 Å². The van der Waals surface area contributed by atoms with Gasteiger partial charge in [-0.2, -0.15) is 13.2 Å². The molecule has 2 aromatic carbocycles. The molecule has 10 nitrogen and oxygen atoms in total. The molecule has 0 radical (unpaired) electrons. The number of imidazole rings is 1. The largest absolute Gasteiger partial charge is 0.449 e. The SMILES string of the molecule is CN(C)c1cccc(C2CCCN2C(=O)[C@H](O)C(O)C(=O)NCc2nc(Cn3c(C(F)(F)F)nc4ccccc43)cs2)c1. The molecule has 3 atom stereocenters. The Hall–Kier alpha value is -4.01. The summed E-state index contributed by atoms with van der Waals surface area (Å²) >= 11 is 1.12. The van der Waals surface area contributed by atoms with E-state index in [-0.39, 0.29) is 24.6 Å². The average Bonchev–Trinajstić information content (AvgIpc) is 3.74. The van der Waals surface area contributed by atoms with Crippen LogP contribution in [0.2, 0.25) is 0 Å². The molecule has 0 spiro atoms. The third-order valence-electron chi connectivity index (χ3n) is 7.37. The summed E-state index contributed by atoms with van der Waals surface area (Å²) in [5.41, 5.74) is 2.71. The summed E-state index contributed by atoms with van der Waals surface area (Å²) in [6.07, 6.45) is -7.26. The third kappa shape index (κ3) is 6.50. The molecule has 14 heteroatoms. The van der Waals surface area contributed by atoms with Gasteiger partial charge in [0.25, 0.3) is 11.8 Å². The number of anilines is 1. The van der Waals surface area contributed by atoms with Crippen LogP contribution in [0.3, 0.4) is 0 Å². The zero-order chi connectivity index (χ0) is 30.9. The monoisotopic (exact) mass is 616 g/mol. The standard InChI is InChI=1S/C29H31F3N6O4S/c1-36(2)19-8-5-7-17(13-19)21-11-6-12-37(21)27(42)25(40)24(39)26(41)33-14-23-34-18(16-43-23)15-38-22-10-4-3-9-20(22)35-28(38)29(30,31)32/h3-5,7-10,13,16,21,24-25,39-40H,6,11-12,14-15H2,1-2H3,(H,33,41)/t21?,24?,25-/m1/s1. The number of hydrogen-bond donors (Lipinski definition) is 3. The molecule has 0 bridgehead atoms. The molecule has 2 amide bonds. The van der Waals surface area contributed by atoms with Crippen molar-refractivity contribution in [3.63, 3.8) is 0 Å². The fourth-order valence-electron chi connectivity index (χ4n) is 5.22. The highest BCUT2D eigenvalue weighted by Crippen LogP contribution is 2.34. The number of aromatic nitrogens is 3. The summed E-state index contributed by atoms with van der Waals surface area (Å²) in [7, 11) is 3.82. The molecule has 0 aliphatic carbocycles. The Balaban J connectivity index is 1.21. The van der Waals surface area contributed by atoms with Gasteiger partial charge in [-0.1, -0.05) is 24.3 Å². The van der Waals surface area contributed by atoms with Gasteiger partial charge < -0.3 is 29.9 Å². The number of nitrogens with zero attached hydrogens (tertiary/aromatic N) is 5. The number of likely N-dealkylation sites (tertiary alicyclic amines) is 1. The van der Waals surface area contributed by atoms with Crippen LogP contribution in [0.5, 0.6) is 0 Å². The normalized spacial score (nSPS) is 16.8. The predicted octanol–water partition coefficient (Wildman–Crippen LogP) is 3.33. The fraction of sp³-hybridized carbons (Fsp3) is 0.379. The van der Waals surface area contributed by atoms with Gasteiger partial charge in [-0.05, 0) is 42.7 Å². The number of halogens is 3. The molecule has 3 N–H and O–H groups in total. The van der Waals surface area contributed by atoms with E-state index in [4.69, 9.17) is 0 Å². The second kappa shape index (κ2) is 12.3. The number of hydrogen-bond acceptors (Lipinski definition) is 8. The fourth-order valence-corrected chi connectivity index (χ4v) is 5.94. The maximum absolute atomic E-state index is 13.6. The number of thiazole rings is 1. The van der Waals surface area contributed by atoms with E-state index in [2.05, 4.69) is 15.3 Å². The molecule has 1 aliphatic rings. The Morgan fingerprint density at radius 2 is 1.88 bits per heavy atom. The van der Waals surface area contributed by atoms with Crippen LogP contribution in [-0.2, 0) is 28.9 Å². The summed E-state index contributed by atoms with van der Waals surface area (Å²) in [6.45, 7) is 0.0390. The maximum Gasteiger partial charge on any atom is 0.449 e. The summed E-state index contributed by atoms with van der Waals surface area (Å²) < 4.78 is 41.9. The van der Waals surface area contributed by atoms with Crippen molar-refractivity contribution in [1.82, 2.24) is 24.8 Å². The Morgan fingerprint density at radius 3 is 2.63 bits per heavy atom. The van der Waals surface area contributed by atoms with Gasteiger partial charge in [0.1, 0.15) is 5.01 Å². The molecule has 2 unspecified atom stereocenters. The minimum Gasteiger partial charge on any atom is -0.380 e. The number of aliphatic hydroxyl groups is 2. The number of rotatable bonds is 9. The molecule has 2 aromatic heterocycles. The molecule has 3 heterocycles. The zero-order valence-electron chi connectivity index (χ0n) is 23.5. The van der Waals surface area contributed by atoms with Crippen LogP contribution >= 0.6 is 11.3 Å². The van der Waals surface area contributed by atoms with Crippen molar-refractivity contribution in [2.75, 3.05) is 25.5 Å². The number of carbonyl (C=O) groups excluding carboxylic acids is 2. The van der Waals surface area contributed by atoms with Crippen molar-refractivity contribution in [3.05, 3.63) is 76.0 Å². The Kier molecular flexibility index (Phi) is 8.71. The first-order valence-corrected chi connectivity index (χ1v) is 14.5. The van der Waals surface area contributed by atoms with Gasteiger partial charge in [0, 0.05) is 31.7 Å². The number of alkyl halides is 3. The van der Waals surface area contributed by atoms with E-state index < -0.39 is 36.0 Å². The van der Waals surface area contributed by atoms with Crippen molar-refractivity contribution >= 4 is 39.9 Å². The van der Waals surface area contributed by atoms with Crippen LogP contribution < -0.4 is 10.2 Å². The van der Waals surface area contributed by atoms with Crippen LogP contribution in [0.4, 0.5) is 18.9 Å². The van der Waals surface area contributed by atoms with Crippen LogP contribution in [0.15, 0.2) is 53.9 Å². The molecule has 4 aromatic rings.